The highest BCUT2D eigenvalue weighted by Gasteiger charge is 2.35. The Bertz CT molecular complexity index is 397. The molecular weight excluding hydrogens is 244 g/mol. The Hall–Kier alpha value is -0.980. The molecule has 0 spiro atoms. The lowest BCUT2D eigenvalue weighted by atomic mass is 10.2. The molecule has 1 aliphatic carbocycles. The van der Waals surface area contributed by atoms with Crippen molar-refractivity contribution < 1.29 is 9.26 Å². The predicted molar refractivity (Wildman–Crippen MR) is 69.5 cm³/mol. The van der Waals surface area contributed by atoms with Crippen LogP contribution in [-0.4, -0.2) is 48.3 Å². The fourth-order valence-corrected chi connectivity index (χ4v) is 2.61. The van der Waals surface area contributed by atoms with Gasteiger partial charge in [0.15, 0.2) is 0 Å². The van der Waals surface area contributed by atoms with Gasteiger partial charge in [0, 0.05) is 20.2 Å². The van der Waals surface area contributed by atoms with Crippen molar-refractivity contribution in [1.82, 2.24) is 20.4 Å². The van der Waals surface area contributed by atoms with Crippen LogP contribution in [0.2, 0.25) is 0 Å². The minimum Gasteiger partial charge on any atom is -0.373 e. The predicted octanol–water partition coefficient (Wildman–Crippen LogP) is 0.962. The molecule has 0 amide bonds. The Labute approximate surface area is 113 Å². The van der Waals surface area contributed by atoms with Crippen molar-refractivity contribution >= 4 is 0 Å². The van der Waals surface area contributed by atoms with Crippen LogP contribution in [0.5, 0.6) is 0 Å². The van der Waals surface area contributed by atoms with Crippen LogP contribution in [-0.2, 0) is 11.3 Å². The van der Waals surface area contributed by atoms with E-state index in [0.29, 0.717) is 17.6 Å². The zero-order valence-corrected chi connectivity index (χ0v) is 11.5. The van der Waals surface area contributed by atoms with Crippen LogP contribution in [0.25, 0.3) is 0 Å². The minimum atomic E-state index is 0.0169. The fraction of sp³-hybridized carbons (Fsp3) is 0.846. The molecule has 1 atom stereocenters. The summed E-state index contributed by atoms with van der Waals surface area (Å²) in [6, 6.07) is 0. The second kappa shape index (κ2) is 5.98. The summed E-state index contributed by atoms with van der Waals surface area (Å²) in [6.07, 6.45) is 3.60. The van der Waals surface area contributed by atoms with Crippen molar-refractivity contribution in [3.63, 3.8) is 0 Å². The molecule has 1 aliphatic heterocycles. The molecule has 2 aliphatic rings. The van der Waals surface area contributed by atoms with Crippen molar-refractivity contribution in [2.75, 3.05) is 33.3 Å². The summed E-state index contributed by atoms with van der Waals surface area (Å²) in [5.41, 5.74) is 0. The SMILES string of the molecule is COC(c1noc(CN2CCCNCC2)n1)C1CC1. The first-order chi connectivity index (χ1) is 9.36. The van der Waals surface area contributed by atoms with E-state index in [9.17, 15) is 0 Å². The van der Waals surface area contributed by atoms with Crippen molar-refractivity contribution in [1.29, 1.82) is 0 Å². The van der Waals surface area contributed by atoms with Crippen molar-refractivity contribution in [2.45, 2.75) is 31.9 Å². The van der Waals surface area contributed by atoms with Crippen LogP contribution in [0.3, 0.4) is 0 Å². The van der Waals surface area contributed by atoms with Gasteiger partial charge in [0.2, 0.25) is 11.7 Å². The van der Waals surface area contributed by atoms with Crippen LogP contribution >= 0.6 is 0 Å². The lowest BCUT2D eigenvalue weighted by Gasteiger charge is -2.16. The molecule has 6 nitrogen and oxygen atoms in total. The van der Waals surface area contributed by atoms with E-state index in [1.807, 2.05) is 0 Å². The average molecular weight is 266 g/mol. The minimum absolute atomic E-state index is 0.0169. The summed E-state index contributed by atoms with van der Waals surface area (Å²) in [4.78, 5) is 6.86. The van der Waals surface area contributed by atoms with Crippen LogP contribution in [0.4, 0.5) is 0 Å². The van der Waals surface area contributed by atoms with Gasteiger partial charge in [0.25, 0.3) is 0 Å². The number of hydrogen-bond donors (Lipinski definition) is 1. The first-order valence-corrected chi connectivity index (χ1v) is 7.15. The van der Waals surface area contributed by atoms with E-state index in [1.165, 1.54) is 19.3 Å². The molecule has 2 fully saturated rings. The molecule has 1 saturated carbocycles. The van der Waals surface area contributed by atoms with Gasteiger partial charge >= 0.3 is 0 Å². The van der Waals surface area contributed by atoms with E-state index < -0.39 is 0 Å². The lowest BCUT2D eigenvalue weighted by Crippen LogP contribution is -2.27. The summed E-state index contributed by atoms with van der Waals surface area (Å²) in [5, 5.41) is 7.47. The largest absolute Gasteiger partial charge is 0.373 e. The second-order valence-corrected chi connectivity index (χ2v) is 5.42. The Kier molecular flexibility index (Phi) is 4.10. The van der Waals surface area contributed by atoms with Crippen molar-refractivity contribution in [2.24, 2.45) is 5.92 Å². The molecule has 0 aromatic carbocycles. The van der Waals surface area contributed by atoms with Crippen LogP contribution < -0.4 is 5.32 Å². The zero-order chi connectivity index (χ0) is 13.1. The highest BCUT2D eigenvalue weighted by atomic mass is 16.5. The molecule has 6 heteroatoms. The maximum atomic E-state index is 5.47. The smallest absolute Gasteiger partial charge is 0.240 e. The quantitative estimate of drug-likeness (QED) is 0.856. The normalized spacial score (nSPS) is 23.2. The highest BCUT2D eigenvalue weighted by molar-refractivity contribution is 4.98. The third kappa shape index (κ3) is 3.32. The summed E-state index contributed by atoms with van der Waals surface area (Å²) in [5.74, 6) is 2.00. The number of hydrogen-bond acceptors (Lipinski definition) is 6. The molecule has 1 aromatic rings. The number of nitrogens with zero attached hydrogens (tertiary/aromatic N) is 3. The fourth-order valence-electron chi connectivity index (χ4n) is 2.61. The van der Waals surface area contributed by atoms with Gasteiger partial charge in [-0.25, -0.2) is 0 Å². The topological polar surface area (TPSA) is 63.4 Å². The maximum absolute atomic E-state index is 5.47. The van der Waals surface area contributed by atoms with Gasteiger partial charge in [-0.15, -0.1) is 0 Å². The zero-order valence-electron chi connectivity index (χ0n) is 11.5. The van der Waals surface area contributed by atoms with E-state index in [2.05, 4.69) is 20.4 Å². The maximum Gasteiger partial charge on any atom is 0.240 e. The Balaban J connectivity index is 1.60. The molecule has 0 bridgehead atoms. The van der Waals surface area contributed by atoms with Crippen LogP contribution in [0.15, 0.2) is 4.52 Å². The van der Waals surface area contributed by atoms with E-state index in [0.717, 1.165) is 32.7 Å². The summed E-state index contributed by atoms with van der Waals surface area (Å²) in [6.45, 7) is 4.99. The van der Waals surface area contributed by atoms with E-state index in [4.69, 9.17) is 9.26 Å². The third-order valence-corrected chi connectivity index (χ3v) is 3.83. The monoisotopic (exact) mass is 266 g/mol. The van der Waals surface area contributed by atoms with Gasteiger partial charge in [-0.2, -0.15) is 4.98 Å². The van der Waals surface area contributed by atoms with E-state index in [-0.39, 0.29) is 6.10 Å². The van der Waals surface area contributed by atoms with Gasteiger partial charge in [-0.05, 0) is 38.3 Å². The molecule has 106 valence electrons. The second-order valence-electron chi connectivity index (χ2n) is 5.42. The molecule has 19 heavy (non-hydrogen) atoms. The molecule has 1 unspecified atom stereocenters. The first kappa shape index (κ1) is 13.0. The van der Waals surface area contributed by atoms with E-state index in [1.54, 1.807) is 7.11 Å². The van der Waals surface area contributed by atoms with Gasteiger partial charge < -0.3 is 14.6 Å². The average Bonchev–Trinajstić information content (AvgIpc) is 3.18. The van der Waals surface area contributed by atoms with Crippen LogP contribution in [0.1, 0.15) is 37.1 Å². The summed E-state index contributed by atoms with van der Waals surface area (Å²) in [7, 11) is 1.72. The van der Waals surface area contributed by atoms with E-state index >= 15 is 0 Å². The molecule has 1 saturated heterocycles. The van der Waals surface area contributed by atoms with Gasteiger partial charge in [0.05, 0.1) is 6.54 Å². The number of methoxy groups -OCH3 is 1. The Morgan fingerprint density at radius 3 is 3.11 bits per heavy atom. The first-order valence-electron chi connectivity index (χ1n) is 7.15. The summed E-state index contributed by atoms with van der Waals surface area (Å²) >= 11 is 0. The van der Waals surface area contributed by atoms with Crippen molar-refractivity contribution in [3.8, 4) is 0 Å². The third-order valence-electron chi connectivity index (χ3n) is 3.83. The molecule has 0 radical (unpaired) electrons. The Morgan fingerprint density at radius 1 is 1.42 bits per heavy atom. The van der Waals surface area contributed by atoms with Gasteiger partial charge in [-0.3, -0.25) is 4.90 Å². The van der Waals surface area contributed by atoms with Gasteiger partial charge in [0.1, 0.15) is 6.10 Å². The molecular formula is C13H22N4O2. The standard InChI is InChI=1S/C13H22N4O2/c1-18-12(10-3-4-10)13-15-11(19-16-13)9-17-7-2-5-14-6-8-17/h10,12,14H,2-9H2,1H3. The molecule has 1 N–H and O–H groups in total. The van der Waals surface area contributed by atoms with Gasteiger partial charge in [-0.1, -0.05) is 5.16 Å². The molecule has 3 rings (SSSR count). The molecule has 1 aromatic heterocycles. The number of ether oxygens (including phenoxy) is 1. The number of aromatic nitrogens is 2. The van der Waals surface area contributed by atoms with Crippen molar-refractivity contribution in [3.05, 3.63) is 11.7 Å². The Morgan fingerprint density at radius 2 is 2.32 bits per heavy atom. The highest BCUT2D eigenvalue weighted by Crippen LogP contribution is 2.41. The lowest BCUT2D eigenvalue weighted by molar-refractivity contribution is 0.0751. The number of rotatable bonds is 5. The summed E-state index contributed by atoms with van der Waals surface area (Å²) < 4.78 is 10.8. The number of nitrogens with one attached hydrogen (secondary N) is 1. The molecule has 2 heterocycles. The van der Waals surface area contributed by atoms with Crippen LogP contribution in [0, 0.1) is 5.92 Å².